The van der Waals surface area contributed by atoms with Gasteiger partial charge in [0.15, 0.2) is 5.69 Å². The van der Waals surface area contributed by atoms with E-state index in [1.165, 1.54) is 20.3 Å². The van der Waals surface area contributed by atoms with Crippen LogP contribution in [0, 0.1) is 5.82 Å². The van der Waals surface area contributed by atoms with Crippen molar-refractivity contribution in [2.75, 3.05) is 31.5 Å². The highest BCUT2D eigenvalue weighted by Crippen LogP contribution is 2.34. The number of nitrogens with one attached hydrogen (secondary N) is 2. The number of halogens is 1. The molecule has 0 unspecified atom stereocenters. The van der Waals surface area contributed by atoms with Crippen molar-refractivity contribution >= 4 is 34.3 Å². The standard InChI is InChI=1S/C29H29FN4O5/c1-37-21-10-11-24(30)19(13-21)15-31-20-14-23-25(33-28(35)18-7-4-3-5-8-18)26(29(36)38-2)34(27(23)32-16-20)17-22-9-6-12-39-22/h3-5,7-8,10-11,13-14,16,22,31H,6,9,12,15,17H2,1-2H3,(H,33,35)/t22-/m0/s1. The van der Waals surface area contributed by atoms with Gasteiger partial charge in [-0.25, -0.2) is 14.2 Å². The van der Waals surface area contributed by atoms with E-state index in [-0.39, 0.29) is 35.8 Å². The van der Waals surface area contributed by atoms with Gasteiger partial charge in [0, 0.05) is 29.7 Å². The van der Waals surface area contributed by atoms with Crippen molar-refractivity contribution in [3.8, 4) is 5.75 Å². The number of hydrogen-bond donors (Lipinski definition) is 2. The topological polar surface area (TPSA) is 104 Å². The summed E-state index contributed by atoms with van der Waals surface area (Å²) in [5.74, 6) is -0.818. The maximum Gasteiger partial charge on any atom is 0.356 e. The lowest BCUT2D eigenvalue weighted by Crippen LogP contribution is -2.21. The molecule has 2 aromatic carbocycles. The lowest BCUT2D eigenvalue weighted by Gasteiger charge is -2.14. The predicted molar refractivity (Wildman–Crippen MR) is 145 cm³/mol. The Bertz CT molecular complexity index is 1500. The molecular weight excluding hydrogens is 503 g/mol. The Labute approximate surface area is 224 Å². The molecule has 0 aliphatic carbocycles. The van der Waals surface area contributed by atoms with Crippen molar-refractivity contribution in [3.63, 3.8) is 0 Å². The average molecular weight is 533 g/mol. The largest absolute Gasteiger partial charge is 0.497 e. The summed E-state index contributed by atoms with van der Waals surface area (Å²) >= 11 is 0. The molecule has 0 spiro atoms. The quantitative estimate of drug-likeness (QED) is 0.292. The summed E-state index contributed by atoms with van der Waals surface area (Å²) < 4.78 is 32.3. The van der Waals surface area contributed by atoms with Crippen LogP contribution in [0.2, 0.25) is 0 Å². The minimum atomic E-state index is -0.609. The van der Waals surface area contributed by atoms with Gasteiger partial charge in [0.2, 0.25) is 0 Å². The van der Waals surface area contributed by atoms with Crippen LogP contribution in [-0.2, 0) is 22.6 Å². The van der Waals surface area contributed by atoms with Gasteiger partial charge in [-0.15, -0.1) is 0 Å². The SMILES string of the molecule is COC(=O)c1c(NC(=O)c2ccccc2)c2cc(NCc3cc(OC)ccc3F)cnc2n1C[C@@H]1CCCO1. The molecule has 1 atom stereocenters. The van der Waals surface area contributed by atoms with Crippen LogP contribution in [0.5, 0.6) is 5.75 Å². The summed E-state index contributed by atoms with van der Waals surface area (Å²) in [6, 6.07) is 15.0. The van der Waals surface area contributed by atoms with E-state index < -0.39 is 5.97 Å². The smallest absolute Gasteiger partial charge is 0.356 e. The Balaban J connectivity index is 1.56. The second-order valence-electron chi connectivity index (χ2n) is 9.19. The Morgan fingerprint density at radius 1 is 1.15 bits per heavy atom. The van der Waals surface area contributed by atoms with Crippen LogP contribution in [0.25, 0.3) is 11.0 Å². The second kappa shape index (κ2) is 11.5. The number of esters is 1. The van der Waals surface area contributed by atoms with Crippen molar-refractivity contribution in [1.82, 2.24) is 9.55 Å². The zero-order valence-corrected chi connectivity index (χ0v) is 21.7. The van der Waals surface area contributed by atoms with Crippen LogP contribution in [0.4, 0.5) is 15.8 Å². The highest BCUT2D eigenvalue weighted by Gasteiger charge is 2.29. The summed E-state index contributed by atoms with van der Waals surface area (Å²) in [4.78, 5) is 30.9. The van der Waals surface area contributed by atoms with E-state index in [0.717, 1.165) is 12.8 Å². The summed E-state index contributed by atoms with van der Waals surface area (Å²) in [6.45, 7) is 1.19. The van der Waals surface area contributed by atoms with E-state index in [2.05, 4.69) is 15.6 Å². The molecule has 0 radical (unpaired) electrons. The van der Waals surface area contributed by atoms with Crippen molar-refractivity contribution in [1.29, 1.82) is 0 Å². The Kier molecular flexibility index (Phi) is 7.74. The number of ether oxygens (including phenoxy) is 3. The molecule has 9 nitrogen and oxygen atoms in total. The van der Waals surface area contributed by atoms with Gasteiger partial charge in [0.05, 0.1) is 44.4 Å². The van der Waals surface area contributed by atoms with Crippen molar-refractivity contribution in [2.24, 2.45) is 0 Å². The average Bonchev–Trinajstić information content (AvgIpc) is 3.59. The third kappa shape index (κ3) is 5.56. The molecule has 0 bridgehead atoms. The maximum atomic E-state index is 14.4. The number of carbonyl (C=O) groups is 2. The molecule has 2 N–H and O–H groups in total. The summed E-state index contributed by atoms with van der Waals surface area (Å²) in [5, 5.41) is 6.63. The Morgan fingerprint density at radius 2 is 1.97 bits per heavy atom. The van der Waals surface area contributed by atoms with Gasteiger partial charge >= 0.3 is 5.97 Å². The molecular formula is C29H29FN4O5. The van der Waals surface area contributed by atoms with Crippen LogP contribution in [-0.4, -0.2) is 48.4 Å². The Hall–Kier alpha value is -4.44. The van der Waals surface area contributed by atoms with E-state index in [9.17, 15) is 14.0 Å². The van der Waals surface area contributed by atoms with Gasteiger partial charge in [0.1, 0.15) is 17.2 Å². The summed E-state index contributed by atoms with van der Waals surface area (Å²) in [7, 11) is 2.82. The van der Waals surface area contributed by atoms with E-state index in [0.29, 0.717) is 46.7 Å². The monoisotopic (exact) mass is 532 g/mol. The number of aromatic nitrogens is 2. The summed E-state index contributed by atoms with van der Waals surface area (Å²) in [5.41, 5.74) is 2.38. The highest BCUT2D eigenvalue weighted by atomic mass is 19.1. The van der Waals surface area contributed by atoms with Gasteiger partial charge in [-0.05, 0) is 49.2 Å². The first kappa shape index (κ1) is 26.2. The molecule has 1 aliphatic heterocycles. The third-order valence-corrected chi connectivity index (χ3v) is 6.70. The first-order chi connectivity index (χ1) is 19.0. The number of methoxy groups -OCH3 is 2. The molecule has 202 valence electrons. The van der Waals surface area contributed by atoms with E-state index in [1.807, 2.05) is 6.07 Å². The first-order valence-electron chi connectivity index (χ1n) is 12.6. The Morgan fingerprint density at radius 3 is 2.69 bits per heavy atom. The van der Waals surface area contributed by atoms with Gasteiger partial charge in [-0.1, -0.05) is 18.2 Å². The van der Waals surface area contributed by atoms with Crippen LogP contribution in [0.3, 0.4) is 0 Å². The van der Waals surface area contributed by atoms with Gasteiger partial charge in [0.25, 0.3) is 5.91 Å². The normalized spacial score (nSPS) is 14.8. The number of pyridine rings is 1. The molecule has 1 saturated heterocycles. The zero-order chi connectivity index (χ0) is 27.4. The van der Waals surface area contributed by atoms with Gasteiger partial charge in [-0.3, -0.25) is 4.79 Å². The molecule has 5 rings (SSSR count). The van der Waals surface area contributed by atoms with Crippen molar-refractivity contribution < 1.29 is 28.2 Å². The fraction of sp³-hybridized carbons (Fsp3) is 0.276. The predicted octanol–water partition coefficient (Wildman–Crippen LogP) is 5.01. The maximum absolute atomic E-state index is 14.4. The molecule has 39 heavy (non-hydrogen) atoms. The van der Waals surface area contributed by atoms with Crippen LogP contribution >= 0.6 is 0 Å². The minimum absolute atomic E-state index is 0.0997. The lowest BCUT2D eigenvalue weighted by molar-refractivity contribution is 0.0580. The summed E-state index contributed by atoms with van der Waals surface area (Å²) in [6.07, 6.45) is 3.28. The highest BCUT2D eigenvalue weighted by molar-refractivity contribution is 6.14. The number of nitrogens with zero attached hydrogens (tertiary/aromatic N) is 2. The number of benzene rings is 2. The fourth-order valence-corrected chi connectivity index (χ4v) is 4.71. The third-order valence-electron chi connectivity index (χ3n) is 6.70. The number of amides is 1. The molecule has 3 heterocycles. The minimum Gasteiger partial charge on any atom is -0.497 e. The molecule has 2 aromatic heterocycles. The van der Waals surface area contributed by atoms with Crippen LogP contribution in [0.15, 0.2) is 60.8 Å². The zero-order valence-electron chi connectivity index (χ0n) is 21.7. The molecule has 4 aromatic rings. The molecule has 10 heteroatoms. The van der Waals surface area contributed by atoms with Crippen molar-refractivity contribution in [3.05, 3.63) is 83.4 Å². The number of rotatable bonds is 9. The second-order valence-corrected chi connectivity index (χ2v) is 9.19. The van der Waals surface area contributed by atoms with E-state index in [4.69, 9.17) is 14.2 Å². The molecule has 1 amide bonds. The first-order valence-corrected chi connectivity index (χ1v) is 12.6. The van der Waals surface area contributed by atoms with E-state index >= 15 is 0 Å². The van der Waals surface area contributed by atoms with Gasteiger partial charge < -0.3 is 29.4 Å². The fourth-order valence-electron chi connectivity index (χ4n) is 4.71. The molecule has 1 aliphatic rings. The van der Waals surface area contributed by atoms with Gasteiger partial charge in [-0.2, -0.15) is 0 Å². The van der Waals surface area contributed by atoms with E-state index in [1.54, 1.807) is 53.2 Å². The number of anilines is 2. The number of fused-ring (bicyclic) bond motifs is 1. The number of hydrogen-bond acceptors (Lipinski definition) is 7. The van der Waals surface area contributed by atoms with Crippen LogP contribution in [0.1, 0.15) is 39.3 Å². The number of carbonyl (C=O) groups excluding carboxylic acids is 2. The molecule has 0 saturated carbocycles. The molecule has 1 fully saturated rings. The lowest BCUT2D eigenvalue weighted by atomic mass is 10.2. The van der Waals surface area contributed by atoms with Crippen LogP contribution < -0.4 is 15.4 Å². The van der Waals surface area contributed by atoms with Crippen molar-refractivity contribution in [2.45, 2.75) is 32.0 Å².